The Balaban J connectivity index is 1.34. The lowest BCUT2D eigenvalue weighted by Crippen LogP contribution is -2.31. The first-order chi connectivity index (χ1) is 15.1. The molecule has 2 aromatic carbocycles. The number of phenolic OH excluding ortho intramolecular Hbond substituents is 1. The second kappa shape index (κ2) is 8.40. The molecule has 1 amide bonds. The summed E-state index contributed by atoms with van der Waals surface area (Å²) in [5.74, 6) is -4.01. The van der Waals surface area contributed by atoms with Crippen molar-refractivity contribution in [3.63, 3.8) is 0 Å². The maximum atomic E-state index is 13.4. The van der Waals surface area contributed by atoms with Gasteiger partial charge in [-0.05, 0) is 61.9 Å². The van der Waals surface area contributed by atoms with Crippen molar-refractivity contribution in [2.75, 3.05) is 6.54 Å². The van der Waals surface area contributed by atoms with Crippen LogP contribution in [0.1, 0.15) is 47.6 Å². The minimum atomic E-state index is -4.41. The van der Waals surface area contributed by atoms with Crippen LogP contribution in [0.4, 0.5) is 22.0 Å². The molecule has 1 aromatic heterocycles. The van der Waals surface area contributed by atoms with E-state index in [9.17, 15) is 26.7 Å². The average Bonchev–Trinajstić information content (AvgIpc) is 3.18. The van der Waals surface area contributed by atoms with E-state index >= 15 is 0 Å². The van der Waals surface area contributed by atoms with Gasteiger partial charge in [0.25, 0.3) is 5.91 Å². The number of halogens is 5. The van der Waals surface area contributed by atoms with Crippen LogP contribution in [0.5, 0.6) is 5.75 Å². The van der Waals surface area contributed by atoms with Gasteiger partial charge < -0.3 is 10.4 Å². The predicted octanol–water partition coefficient (Wildman–Crippen LogP) is 5.20. The first-order valence-electron chi connectivity index (χ1n) is 10.1. The first kappa shape index (κ1) is 22.0. The van der Waals surface area contributed by atoms with Gasteiger partial charge in [0, 0.05) is 23.7 Å². The minimum Gasteiger partial charge on any atom is -0.503 e. The molecule has 10 heteroatoms. The number of alkyl halides is 3. The number of hydrogen-bond donors (Lipinski definition) is 2. The maximum Gasteiger partial charge on any atom is 0.416 e. The number of aromatic nitrogens is 2. The molecular weight excluding hydrogens is 433 g/mol. The number of benzene rings is 2. The van der Waals surface area contributed by atoms with E-state index in [1.54, 1.807) is 10.9 Å². The lowest BCUT2D eigenvalue weighted by atomic mass is 9.86. The number of carbonyl (C=O) groups is 1. The Morgan fingerprint density at radius 2 is 1.75 bits per heavy atom. The zero-order valence-electron chi connectivity index (χ0n) is 16.8. The third-order valence-corrected chi connectivity index (χ3v) is 5.87. The van der Waals surface area contributed by atoms with Crippen molar-refractivity contribution in [2.24, 2.45) is 5.92 Å². The van der Waals surface area contributed by atoms with E-state index in [4.69, 9.17) is 5.11 Å². The summed E-state index contributed by atoms with van der Waals surface area (Å²) in [4.78, 5) is 12.2. The summed E-state index contributed by atoms with van der Waals surface area (Å²) in [5, 5.41) is 16.6. The fourth-order valence-electron chi connectivity index (χ4n) is 4.06. The molecular formula is C22H20F5N3O2. The molecule has 2 N–H and O–H groups in total. The highest BCUT2D eigenvalue weighted by Crippen LogP contribution is 2.34. The Hall–Kier alpha value is -3.17. The van der Waals surface area contributed by atoms with Crippen LogP contribution in [0.25, 0.3) is 10.9 Å². The quantitative estimate of drug-likeness (QED) is 0.534. The number of carbonyl (C=O) groups excluding carboxylic acids is 1. The maximum absolute atomic E-state index is 13.4. The standard InChI is InChI=1S/C22H20F5N3O2/c23-17-8-13(9-18(24)20(17)31)21(32)28-10-12-1-4-16(5-2-12)30-11-14-7-15(22(25,26)27)3-6-19(14)29-30/h3,6-9,11-12,16,31H,1-2,4-5,10H2,(H,28,32)/t12-,16-. The Morgan fingerprint density at radius 1 is 1.09 bits per heavy atom. The molecule has 0 unspecified atom stereocenters. The summed E-state index contributed by atoms with van der Waals surface area (Å²) >= 11 is 0. The lowest BCUT2D eigenvalue weighted by Gasteiger charge is -2.28. The van der Waals surface area contributed by atoms with E-state index in [-0.39, 0.29) is 17.5 Å². The third-order valence-electron chi connectivity index (χ3n) is 5.87. The summed E-state index contributed by atoms with van der Waals surface area (Å²) in [6.45, 7) is 0.325. The van der Waals surface area contributed by atoms with Crippen LogP contribution in [0.15, 0.2) is 36.5 Å². The van der Waals surface area contributed by atoms with Crippen molar-refractivity contribution in [3.8, 4) is 5.75 Å². The Bertz CT molecular complexity index is 1130. The summed E-state index contributed by atoms with van der Waals surface area (Å²) in [5.41, 5.74) is -0.425. The van der Waals surface area contributed by atoms with Crippen molar-refractivity contribution < 1.29 is 31.9 Å². The molecule has 0 bridgehead atoms. The summed E-state index contributed by atoms with van der Waals surface area (Å²) < 4.78 is 67.3. The molecule has 1 aliphatic rings. The zero-order chi connectivity index (χ0) is 23.0. The van der Waals surface area contributed by atoms with Crippen LogP contribution in [0, 0.1) is 17.6 Å². The van der Waals surface area contributed by atoms with Crippen LogP contribution in [-0.2, 0) is 6.18 Å². The van der Waals surface area contributed by atoms with Crippen molar-refractivity contribution >= 4 is 16.8 Å². The minimum absolute atomic E-state index is 0.0454. The van der Waals surface area contributed by atoms with Crippen molar-refractivity contribution in [2.45, 2.75) is 37.9 Å². The number of amides is 1. The Labute approximate surface area is 179 Å². The van der Waals surface area contributed by atoms with Crippen molar-refractivity contribution in [1.82, 2.24) is 15.1 Å². The van der Waals surface area contributed by atoms with E-state index in [1.807, 2.05) is 0 Å². The second-order valence-corrected chi connectivity index (χ2v) is 8.05. The second-order valence-electron chi connectivity index (χ2n) is 8.05. The van der Waals surface area contributed by atoms with Gasteiger partial charge in [0.1, 0.15) is 0 Å². The number of nitrogens with one attached hydrogen (secondary N) is 1. The molecule has 3 aromatic rings. The summed E-state index contributed by atoms with van der Waals surface area (Å²) in [7, 11) is 0. The number of phenols is 1. The molecule has 1 heterocycles. The van der Waals surface area contributed by atoms with Gasteiger partial charge in [0.2, 0.25) is 0 Å². The van der Waals surface area contributed by atoms with E-state index in [0.717, 1.165) is 49.9 Å². The monoisotopic (exact) mass is 453 g/mol. The SMILES string of the molecule is O=C(NC[C@H]1CC[C@H](n2cc3cc(C(F)(F)F)ccc3n2)CC1)c1cc(F)c(O)c(F)c1. The van der Waals surface area contributed by atoms with Crippen LogP contribution in [-0.4, -0.2) is 27.3 Å². The zero-order valence-corrected chi connectivity index (χ0v) is 16.8. The van der Waals surface area contributed by atoms with E-state index in [1.165, 1.54) is 6.07 Å². The van der Waals surface area contributed by atoms with Crippen LogP contribution in [0.2, 0.25) is 0 Å². The first-order valence-corrected chi connectivity index (χ1v) is 10.1. The highest BCUT2D eigenvalue weighted by atomic mass is 19.4. The van der Waals surface area contributed by atoms with E-state index in [2.05, 4.69) is 10.4 Å². The summed E-state index contributed by atoms with van der Waals surface area (Å²) in [6, 6.07) is 5.07. The molecule has 32 heavy (non-hydrogen) atoms. The number of hydrogen-bond acceptors (Lipinski definition) is 3. The molecule has 0 aliphatic heterocycles. The van der Waals surface area contributed by atoms with E-state index < -0.39 is 35.0 Å². The van der Waals surface area contributed by atoms with Crippen LogP contribution < -0.4 is 5.32 Å². The molecule has 170 valence electrons. The van der Waals surface area contributed by atoms with Crippen molar-refractivity contribution in [3.05, 3.63) is 59.3 Å². The number of fused-ring (bicyclic) bond motifs is 1. The number of aromatic hydroxyl groups is 1. The van der Waals surface area contributed by atoms with Gasteiger partial charge in [-0.2, -0.15) is 18.3 Å². The normalized spacial score (nSPS) is 19.3. The van der Waals surface area contributed by atoms with Crippen LogP contribution in [0.3, 0.4) is 0 Å². The van der Waals surface area contributed by atoms with Crippen LogP contribution >= 0.6 is 0 Å². The lowest BCUT2D eigenvalue weighted by molar-refractivity contribution is -0.137. The molecule has 1 aliphatic carbocycles. The van der Waals surface area contributed by atoms with Gasteiger partial charge in [0.05, 0.1) is 17.1 Å². The smallest absolute Gasteiger partial charge is 0.416 e. The molecule has 0 saturated heterocycles. The van der Waals surface area contributed by atoms with Gasteiger partial charge in [-0.25, -0.2) is 8.78 Å². The van der Waals surface area contributed by atoms with Gasteiger partial charge in [-0.15, -0.1) is 0 Å². The topological polar surface area (TPSA) is 67.2 Å². The molecule has 1 saturated carbocycles. The fraction of sp³-hybridized carbons (Fsp3) is 0.364. The number of rotatable bonds is 4. The highest BCUT2D eigenvalue weighted by molar-refractivity contribution is 5.94. The molecule has 0 atom stereocenters. The van der Waals surface area contributed by atoms with Crippen molar-refractivity contribution in [1.29, 1.82) is 0 Å². The third kappa shape index (κ3) is 4.53. The molecule has 0 radical (unpaired) electrons. The van der Waals surface area contributed by atoms with Gasteiger partial charge >= 0.3 is 6.18 Å². The largest absolute Gasteiger partial charge is 0.503 e. The molecule has 0 spiro atoms. The van der Waals surface area contributed by atoms with Gasteiger partial charge in [0.15, 0.2) is 17.4 Å². The Morgan fingerprint density at radius 3 is 2.38 bits per heavy atom. The van der Waals surface area contributed by atoms with Gasteiger partial charge in [-0.3, -0.25) is 9.48 Å². The average molecular weight is 453 g/mol. The number of nitrogens with zero attached hydrogens (tertiary/aromatic N) is 2. The highest BCUT2D eigenvalue weighted by Gasteiger charge is 2.31. The molecule has 1 fully saturated rings. The fourth-order valence-corrected chi connectivity index (χ4v) is 4.06. The predicted molar refractivity (Wildman–Crippen MR) is 106 cm³/mol. The van der Waals surface area contributed by atoms with E-state index in [0.29, 0.717) is 17.4 Å². The Kier molecular flexibility index (Phi) is 5.79. The molecule has 4 rings (SSSR count). The molecule has 5 nitrogen and oxygen atoms in total. The van der Waals surface area contributed by atoms with Gasteiger partial charge in [-0.1, -0.05) is 0 Å². The summed E-state index contributed by atoms with van der Waals surface area (Å²) in [6.07, 6.45) is 0.217.